The average molecular weight is 404 g/mol. The summed E-state index contributed by atoms with van der Waals surface area (Å²) in [6.07, 6.45) is 3.23. The van der Waals surface area contributed by atoms with Gasteiger partial charge in [-0.15, -0.1) is 0 Å². The molecule has 7 heteroatoms. The van der Waals surface area contributed by atoms with Crippen molar-refractivity contribution < 1.29 is 14.6 Å². The number of pyridine rings is 1. The molecule has 28 heavy (non-hydrogen) atoms. The van der Waals surface area contributed by atoms with Gasteiger partial charge in [-0.25, -0.2) is 4.98 Å². The Hall–Kier alpha value is -2.15. The Kier molecular flexibility index (Phi) is 6.54. The molecule has 2 heterocycles. The van der Waals surface area contributed by atoms with Crippen molar-refractivity contribution in [1.82, 2.24) is 15.2 Å². The van der Waals surface area contributed by atoms with E-state index in [1.165, 1.54) is 0 Å². The third-order valence-electron chi connectivity index (χ3n) is 5.46. The van der Waals surface area contributed by atoms with Crippen LogP contribution in [0.2, 0.25) is 5.15 Å². The number of halogens is 1. The number of methoxy groups -OCH3 is 1. The number of likely N-dealkylation sites (N-methyl/N-ethyl adjacent to an activating group) is 1. The van der Waals surface area contributed by atoms with Gasteiger partial charge in [-0.3, -0.25) is 4.79 Å². The summed E-state index contributed by atoms with van der Waals surface area (Å²) in [7, 11) is 3.35. The number of nitrogens with one attached hydrogen (secondary N) is 1. The van der Waals surface area contributed by atoms with Gasteiger partial charge >= 0.3 is 0 Å². The fourth-order valence-electron chi connectivity index (χ4n) is 3.74. The lowest BCUT2D eigenvalue weighted by molar-refractivity contribution is -0.0542. The van der Waals surface area contributed by atoms with E-state index in [2.05, 4.69) is 10.3 Å². The fraction of sp³-hybridized carbons (Fsp3) is 0.429. The van der Waals surface area contributed by atoms with E-state index in [9.17, 15) is 9.90 Å². The Balaban J connectivity index is 1.90. The molecule has 1 aliphatic heterocycles. The minimum atomic E-state index is -0.982. The second kappa shape index (κ2) is 8.90. The molecule has 1 aromatic carbocycles. The van der Waals surface area contributed by atoms with Crippen LogP contribution in [0, 0.1) is 0 Å². The zero-order chi connectivity index (χ0) is 20.1. The Morgan fingerprint density at radius 1 is 1.32 bits per heavy atom. The first-order valence-corrected chi connectivity index (χ1v) is 9.76. The summed E-state index contributed by atoms with van der Waals surface area (Å²) in [6, 6.07) is 10.6. The van der Waals surface area contributed by atoms with Crippen molar-refractivity contribution in [1.29, 1.82) is 0 Å². The number of carbonyl (C=O) groups is 1. The number of ether oxygens (including phenoxy) is 1. The van der Waals surface area contributed by atoms with E-state index >= 15 is 0 Å². The molecule has 0 spiro atoms. The molecular weight excluding hydrogens is 378 g/mol. The highest BCUT2D eigenvalue weighted by atomic mass is 35.5. The van der Waals surface area contributed by atoms with Crippen molar-refractivity contribution >= 4 is 17.5 Å². The summed E-state index contributed by atoms with van der Waals surface area (Å²) in [4.78, 5) is 18.8. The molecule has 3 rings (SSSR count). The molecule has 0 saturated carbocycles. The molecule has 1 aliphatic rings. The summed E-state index contributed by atoms with van der Waals surface area (Å²) in [6.45, 7) is 1.43. The Labute approximate surface area is 170 Å². The van der Waals surface area contributed by atoms with Crippen LogP contribution >= 0.6 is 11.6 Å². The van der Waals surface area contributed by atoms with E-state index < -0.39 is 11.6 Å². The van der Waals surface area contributed by atoms with Gasteiger partial charge in [-0.2, -0.15) is 0 Å². The Bertz CT molecular complexity index is 807. The van der Waals surface area contributed by atoms with Crippen LogP contribution in [0.15, 0.2) is 42.6 Å². The highest BCUT2D eigenvalue weighted by Gasteiger charge is 2.42. The molecule has 0 radical (unpaired) electrons. The van der Waals surface area contributed by atoms with Crippen LogP contribution in [0.25, 0.3) is 0 Å². The minimum absolute atomic E-state index is 0.167. The second-order valence-corrected chi connectivity index (χ2v) is 7.54. The topological polar surface area (TPSA) is 74.7 Å². The number of amides is 1. The standard InChI is InChI=1S/C21H26ClN3O3/c1-25(20(26)17-4-3-11-24-19(17)22)18(21(27)9-12-23-13-10-21)14-15-5-7-16(28-2)8-6-15/h3-8,11,18,23,27H,9-10,12-14H2,1-2H3. The van der Waals surface area contributed by atoms with Crippen LogP contribution in [0.3, 0.4) is 0 Å². The maximum absolute atomic E-state index is 13.1. The van der Waals surface area contributed by atoms with Gasteiger partial charge in [0, 0.05) is 13.2 Å². The first-order valence-electron chi connectivity index (χ1n) is 9.38. The number of rotatable bonds is 6. The third-order valence-corrected chi connectivity index (χ3v) is 5.76. The minimum Gasteiger partial charge on any atom is -0.497 e. The molecule has 1 aromatic heterocycles. The second-order valence-electron chi connectivity index (χ2n) is 7.18. The van der Waals surface area contributed by atoms with Gasteiger partial charge in [-0.1, -0.05) is 23.7 Å². The fourth-order valence-corrected chi connectivity index (χ4v) is 3.94. The van der Waals surface area contributed by atoms with Crippen molar-refractivity contribution in [2.24, 2.45) is 0 Å². The quantitative estimate of drug-likeness (QED) is 0.725. The van der Waals surface area contributed by atoms with Gasteiger partial charge in [0.15, 0.2) is 0 Å². The van der Waals surface area contributed by atoms with Gasteiger partial charge in [0.1, 0.15) is 10.9 Å². The highest BCUT2D eigenvalue weighted by Crippen LogP contribution is 2.30. The number of carbonyl (C=O) groups excluding carboxylic acids is 1. The van der Waals surface area contributed by atoms with E-state index in [0.717, 1.165) is 11.3 Å². The van der Waals surface area contributed by atoms with Crippen LogP contribution < -0.4 is 10.1 Å². The highest BCUT2D eigenvalue weighted by molar-refractivity contribution is 6.32. The smallest absolute Gasteiger partial charge is 0.257 e. The van der Waals surface area contributed by atoms with E-state index in [-0.39, 0.29) is 11.1 Å². The van der Waals surface area contributed by atoms with Crippen LogP contribution in [0.5, 0.6) is 5.75 Å². The van der Waals surface area contributed by atoms with Gasteiger partial charge in [0.25, 0.3) is 5.91 Å². The molecule has 1 unspecified atom stereocenters. The van der Waals surface area contributed by atoms with Crippen LogP contribution in [-0.4, -0.2) is 59.8 Å². The number of aromatic nitrogens is 1. The van der Waals surface area contributed by atoms with E-state index in [1.807, 2.05) is 24.3 Å². The monoisotopic (exact) mass is 403 g/mol. The number of benzene rings is 1. The molecule has 1 amide bonds. The predicted octanol–water partition coefficient (Wildman–Crippen LogP) is 2.54. The van der Waals surface area contributed by atoms with Crippen LogP contribution in [0.4, 0.5) is 0 Å². The molecule has 1 saturated heterocycles. The van der Waals surface area contributed by atoms with Gasteiger partial charge in [-0.05, 0) is 62.2 Å². The maximum atomic E-state index is 13.1. The normalized spacial score (nSPS) is 17.0. The van der Waals surface area contributed by atoms with E-state index in [4.69, 9.17) is 16.3 Å². The number of aliphatic hydroxyl groups is 1. The van der Waals surface area contributed by atoms with E-state index in [1.54, 1.807) is 37.4 Å². The summed E-state index contributed by atoms with van der Waals surface area (Å²) in [5, 5.41) is 14.9. The summed E-state index contributed by atoms with van der Waals surface area (Å²) < 4.78 is 5.22. The number of piperidine rings is 1. The Morgan fingerprint density at radius 3 is 2.61 bits per heavy atom. The molecule has 2 aromatic rings. The first-order chi connectivity index (χ1) is 13.4. The van der Waals surface area contributed by atoms with Crippen molar-refractivity contribution in [2.75, 3.05) is 27.2 Å². The number of hydrogen-bond donors (Lipinski definition) is 2. The van der Waals surface area contributed by atoms with Gasteiger partial charge < -0.3 is 20.1 Å². The first kappa shape index (κ1) is 20.6. The third kappa shape index (κ3) is 4.46. The molecule has 0 aliphatic carbocycles. The summed E-state index contributed by atoms with van der Waals surface area (Å²) in [5.74, 6) is 0.524. The van der Waals surface area contributed by atoms with Crippen molar-refractivity contribution in [2.45, 2.75) is 30.9 Å². The van der Waals surface area contributed by atoms with E-state index in [0.29, 0.717) is 37.9 Å². The van der Waals surface area contributed by atoms with Crippen LogP contribution in [0.1, 0.15) is 28.8 Å². The SMILES string of the molecule is COc1ccc(CC(N(C)C(=O)c2cccnc2Cl)C2(O)CCNCC2)cc1. The zero-order valence-electron chi connectivity index (χ0n) is 16.2. The summed E-state index contributed by atoms with van der Waals surface area (Å²) in [5.41, 5.74) is 0.378. The predicted molar refractivity (Wildman–Crippen MR) is 109 cm³/mol. The van der Waals surface area contributed by atoms with Gasteiger partial charge in [0.05, 0.1) is 24.3 Å². The lowest BCUT2D eigenvalue weighted by atomic mass is 9.81. The van der Waals surface area contributed by atoms with Crippen LogP contribution in [-0.2, 0) is 6.42 Å². The summed E-state index contributed by atoms with van der Waals surface area (Å²) >= 11 is 6.14. The van der Waals surface area contributed by atoms with Crippen molar-refractivity contribution in [3.63, 3.8) is 0 Å². The molecule has 1 atom stereocenters. The van der Waals surface area contributed by atoms with Crippen molar-refractivity contribution in [3.8, 4) is 5.75 Å². The van der Waals surface area contributed by atoms with Crippen molar-refractivity contribution in [3.05, 3.63) is 58.9 Å². The van der Waals surface area contributed by atoms with Gasteiger partial charge in [0.2, 0.25) is 0 Å². The molecule has 6 nitrogen and oxygen atoms in total. The number of hydrogen-bond acceptors (Lipinski definition) is 5. The lowest BCUT2D eigenvalue weighted by Crippen LogP contribution is -2.58. The molecule has 2 N–H and O–H groups in total. The molecule has 0 bridgehead atoms. The number of nitrogens with zero attached hydrogens (tertiary/aromatic N) is 2. The molecule has 1 fully saturated rings. The average Bonchev–Trinajstić information content (AvgIpc) is 2.72. The Morgan fingerprint density at radius 2 is 2.00 bits per heavy atom. The largest absolute Gasteiger partial charge is 0.497 e. The maximum Gasteiger partial charge on any atom is 0.257 e. The lowest BCUT2D eigenvalue weighted by Gasteiger charge is -2.44. The zero-order valence-corrected chi connectivity index (χ0v) is 16.9. The molecule has 150 valence electrons. The molecular formula is C21H26ClN3O3.